The van der Waals surface area contributed by atoms with Gasteiger partial charge in [0.15, 0.2) is 0 Å². The lowest BCUT2D eigenvalue weighted by molar-refractivity contribution is 0.0178. The largest absolute Gasteiger partial charge is 0.486 e. The molecule has 0 aromatic carbocycles. The van der Waals surface area contributed by atoms with E-state index >= 15 is 0 Å². The predicted molar refractivity (Wildman–Crippen MR) is 79.1 cm³/mol. The molecule has 2 aromatic rings. The van der Waals surface area contributed by atoms with E-state index in [4.69, 9.17) is 9.15 Å². The van der Waals surface area contributed by atoms with Gasteiger partial charge in [0.1, 0.15) is 17.6 Å². The van der Waals surface area contributed by atoms with E-state index in [9.17, 15) is 9.59 Å². The number of rotatable bonds is 3. The van der Waals surface area contributed by atoms with Crippen LogP contribution in [-0.4, -0.2) is 30.0 Å². The number of hydrogen-bond donors (Lipinski definition) is 0. The Bertz CT molecular complexity index is 727. The van der Waals surface area contributed by atoms with Crippen molar-refractivity contribution in [3.8, 4) is 5.75 Å². The van der Waals surface area contributed by atoms with Gasteiger partial charge in [-0.05, 0) is 30.9 Å². The minimum atomic E-state index is -0.425. The Morgan fingerprint density at radius 2 is 2.10 bits per heavy atom. The van der Waals surface area contributed by atoms with Crippen molar-refractivity contribution in [1.29, 1.82) is 0 Å². The van der Waals surface area contributed by atoms with Crippen molar-refractivity contribution in [3.63, 3.8) is 0 Å². The third kappa shape index (κ3) is 3.00. The zero-order chi connectivity index (χ0) is 15.0. The van der Waals surface area contributed by atoms with Crippen LogP contribution in [0.15, 0.2) is 32.8 Å². The normalized spacial score (nSPS) is 14.9. The first-order valence-corrected chi connectivity index (χ1v) is 7.52. The summed E-state index contributed by atoms with van der Waals surface area (Å²) in [6.07, 6.45) is -0.0730. The number of aryl methyl sites for hydroxylation is 2. The first-order valence-electron chi connectivity index (χ1n) is 6.64. The van der Waals surface area contributed by atoms with Gasteiger partial charge < -0.3 is 14.1 Å². The average Bonchev–Trinajstić information content (AvgIpc) is 2.78. The van der Waals surface area contributed by atoms with Crippen LogP contribution in [0.4, 0.5) is 0 Å². The van der Waals surface area contributed by atoms with E-state index in [0.717, 1.165) is 10.4 Å². The third-order valence-corrected chi connectivity index (χ3v) is 4.28. The minimum Gasteiger partial charge on any atom is -0.486 e. The quantitative estimate of drug-likeness (QED) is 0.872. The van der Waals surface area contributed by atoms with Crippen LogP contribution in [0.3, 0.4) is 0 Å². The lowest BCUT2D eigenvalue weighted by Gasteiger charge is -2.38. The molecule has 0 unspecified atom stereocenters. The molecule has 1 fully saturated rings. The number of thiophene rings is 1. The summed E-state index contributed by atoms with van der Waals surface area (Å²) in [5.74, 6) is 1.04. The standard InChI is InChI=1S/C15H15NO4S/c1-9-3-13(21-8-9)15(18)16-6-12(7-16)20-11-4-10(2)19-14(17)5-11/h3-5,8,12H,6-7H2,1-2H3. The summed E-state index contributed by atoms with van der Waals surface area (Å²) < 4.78 is 10.6. The van der Waals surface area contributed by atoms with Gasteiger partial charge in [0.25, 0.3) is 5.91 Å². The zero-order valence-electron chi connectivity index (χ0n) is 11.8. The number of amides is 1. The molecule has 21 heavy (non-hydrogen) atoms. The number of hydrogen-bond acceptors (Lipinski definition) is 5. The molecule has 1 aliphatic rings. The van der Waals surface area contributed by atoms with Crippen LogP contribution in [0.25, 0.3) is 0 Å². The first kappa shape index (κ1) is 13.9. The highest BCUT2D eigenvalue weighted by atomic mass is 32.1. The van der Waals surface area contributed by atoms with Crippen LogP contribution in [0.5, 0.6) is 5.75 Å². The molecular weight excluding hydrogens is 290 g/mol. The second-order valence-corrected chi connectivity index (χ2v) is 6.07. The molecule has 0 bridgehead atoms. The van der Waals surface area contributed by atoms with Crippen molar-refractivity contribution in [2.24, 2.45) is 0 Å². The fourth-order valence-corrected chi connectivity index (χ4v) is 3.08. The van der Waals surface area contributed by atoms with Crippen molar-refractivity contribution < 1.29 is 13.9 Å². The lowest BCUT2D eigenvalue weighted by Crippen LogP contribution is -2.56. The third-order valence-electron chi connectivity index (χ3n) is 3.25. The van der Waals surface area contributed by atoms with Crippen LogP contribution in [0.1, 0.15) is 21.0 Å². The molecule has 1 amide bonds. The number of nitrogens with zero attached hydrogens (tertiary/aromatic N) is 1. The summed E-state index contributed by atoms with van der Waals surface area (Å²) in [4.78, 5) is 25.9. The number of likely N-dealkylation sites (tertiary alicyclic amines) is 1. The molecule has 0 saturated carbocycles. The van der Waals surface area contributed by atoms with Gasteiger partial charge >= 0.3 is 5.63 Å². The molecule has 5 nitrogen and oxygen atoms in total. The fraction of sp³-hybridized carbons (Fsp3) is 0.333. The van der Waals surface area contributed by atoms with Gasteiger partial charge in [-0.1, -0.05) is 0 Å². The Morgan fingerprint density at radius 3 is 2.71 bits per heavy atom. The van der Waals surface area contributed by atoms with Crippen molar-refractivity contribution in [3.05, 3.63) is 50.2 Å². The molecular formula is C15H15NO4S. The molecule has 0 spiro atoms. The van der Waals surface area contributed by atoms with Crippen molar-refractivity contribution in [1.82, 2.24) is 4.90 Å². The van der Waals surface area contributed by atoms with Crippen LogP contribution < -0.4 is 10.4 Å². The molecule has 0 atom stereocenters. The highest BCUT2D eigenvalue weighted by Crippen LogP contribution is 2.22. The zero-order valence-corrected chi connectivity index (χ0v) is 12.6. The van der Waals surface area contributed by atoms with E-state index in [1.165, 1.54) is 17.4 Å². The molecule has 1 saturated heterocycles. The van der Waals surface area contributed by atoms with Gasteiger partial charge in [-0.25, -0.2) is 4.79 Å². The number of ether oxygens (including phenoxy) is 1. The van der Waals surface area contributed by atoms with Gasteiger partial charge in [-0.2, -0.15) is 0 Å². The Hall–Kier alpha value is -2.08. The SMILES string of the molecule is Cc1csc(C(=O)N2CC(Oc3cc(C)oc(=O)c3)C2)c1. The highest BCUT2D eigenvalue weighted by molar-refractivity contribution is 7.12. The number of carbonyl (C=O) groups is 1. The smallest absolute Gasteiger partial charge is 0.339 e. The average molecular weight is 305 g/mol. The van der Waals surface area contributed by atoms with E-state index in [-0.39, 0.29) is 12.0 Å². The maximum Gasteiger partial charge on any atom is 0.339 e. The molecule has 0 aliphatic carbocycles. The predicted octanol–water partition coefficient (Wildman–Crippen LogP) is 2.22. The van der Waals surface area contributed by atoms with Gasteiger partial charge in [-0.15, -0.1) is 11.3 Å². The molecule has 110 valence electrons. The minimum absolute atomic E-state index is 0.0386. The highest BCUT2D eigenvalue weighted by Gasteiger charge is 2.33. The summed E-state index contributed by atoms with van der Waals surface area (Å²) in [5.41, 5.74) is 0.675. The van der Waals surface area contributed by atoms with Gasteiger partial charge in [0, 0.05) is 6.07 Å². The summed E-state index contributed by atoms with van der Waals surface area (Å²) in [7, 11) is 0. The van der Waals surface area contributed by atoms with Gasteiger partial charge in [0.2, 0.25) is 0 Å². The van der Waals surface area contributed by atoms with Crippen LogP contribution in [0.2, 0.25) is 0 Å². The molecule has 2 aromatic heterocycles. The Kier molecular flexibility index (Phi) is 3.55. The van der Waals surface area contributed by atoms with Crippen LogP contribution in [-0.2, 0) is 0 Å². The summed E-state index contributed by atoms with van der Waals surface area (Å²) in [6, 6.07) is 4.89. The van der Waals surface area contributed by atoms with E-state index in [0.29, 0.717) is 24.6 Å². The summed E-state index contributed by atoms with van der Waals surface area (Å²) in [6.45, 7) is 4.74. The Morgan fingerprint density at radius 1 is 1.33 bits per heavy atom. The van der Waals surface area contributed by atoms with Crippen molar-refractivity contribution in [2.75, 3.05) is 13.1 Å². The molecule has 0 N–H and O–H groups in total. The monoisotopic (exact) mass is 305 g/mol. The van der Waals surface area contributed by atoms with Crippen molar-refractivity contribution >= 4 is 17.2 Å². The summed E-state index contributed by atoms with van der Waals surface area (Å²) >= 11 is 1.46. The van der Waals surface area contributed by atoms with Crippen LogP contribution >= 0.6 is 11.3 Å². The topological polar surface area (TPSA) is 59.8 Å². The second-order valence-electron chi connectivity index (χ2n) is 5.16. The molecule has 1 aliphatic heterocycles. The van der Waals surface area contributed by atoms with E-state index in [1.807, 2.05) is 18.4 Å². The lowest BCUT2D eigenvalue weighted by atomic mass is 10.1. The van der Waals surface area contributed by atoms with E-state index in [2.05, 4.69) is 0 Å². The maximum atomic E-state index is 12.2. The molecule has 3 heterocycles. The van der Waals surface area contributed by atoms with Gasteiger partial charge in [-0.3, -0.25) is 4.79 Å². The molecule has 0 radical (unpaired) electrons. The van der Waals surface area contributed by atoms with Gasteiger partial charge in [0.05, 0.1) is 24.0 Å². The Balaban J connectivity index is 1.58. The van der Waals surface area contributed by atoms with E-state index < -0.39 is 5.63 Å². The second kappa shape index (κ2) is 5.37. The summed E-state index contributed by atoms with van der Waals surface area (Å²) in [5, 5.41) is 1.97. The van der Waals surface area contributed by atoms with E-state index in [1.54, 1.807) is 17.9 Å². The van der Waals surface area contributed by atoms with Crippen molar-refractivity contribution in [2.45, 2.75) is 20.0 Å². The fourth-order valence-electron chi connectivity index (χ4n) is 2.21. The first-order chi connectivity index (χ1) is 10.0. The maximum absolute atomic E-state index is 12.2. The molecule has 6 heteroatoms. The number of carbonyl (C=O) groups excluding carboxylic acids is 1. The molecule has 3 rings (SSSR count). The Labute approximate surface area is 125 Å². The van der Waals surface area contributed by atoms with Crippen LogP contribution in [0, 0.1) is 13.8 Å².